The van der Waals surface area contributed by atoms with Crippen LogP contribution in [0.1, 0.15) is 10.4 Å². The molecule has 2 N–H and O–H groups in total. The van der Waals surface area contributed by atoms with Crippen LogP contribution in [0.3, 0.4) is 0 Å². The van der Waals surface area contributed by atoms with Crippen molar-refractivity contribution in [3.05, 3.63) is 58.9 Å². The van der Waals surface area contributed by atoms with Crippen molar-refractivity contribution in [1.29, 1.82) is 0 Å². The number of carbonyl (C=O) groups is 2. The summed E-state index contributed by atoms with van der Waals surface area (Å²) in [6.07, 6.45) is 0. The fourth-order valence-corrected chi connectivity index (χ4v) is 3.99. The van der Waals surface area contributed by atoms with E-state index in [-0.39, 0.29) is 27.4 Å². The summed E-state index contributed by atoms with van der Waals surface area (Å²) in [7, 11) is 1.56. The molecule has 3 rings (SSSR count). The van der Waals surface area contributed by atoms with Gasteiger partial charge in [0.15, 0.2) is 4.34 Å². The van der Waals surface area contributed by atoms with E-state index in [0.717, 1.165) is 29.2 Å². The van der Waals surface area contributed by atoms with Crippen molar-refractivity contribution < 1.29 is 18.7 Å². The van der Waals surface area contributed by atoms with E-state index >= 15 is 0 Å². The molecule has 0 fully saturated rings. The van der Waals surface area contributed by atoms with Crippen LogP contribution < -0.4 is 15.4 Å². The first kappa shape index (κ1) is 21.0. The highest BCUT2D eigenvalue weighted by Gasteiger charge is 2.18. The van der Waals surface area contributed by atoms with Crippen LogP contribution in [0.25, 0.3) is 0 Å². The monoisotopic (exact) mass is 452 g/mol. The normalized spacial score (nSPS) is 10.4. The number of benzene rings is 2. The summed E-state index contributed by atoms with van der Waals surface area (Å²) < 4.78 is 19.3. The number of anilines is 2. The first-order valence-corrected chi connectivity index (χ1v) is 10.3. The molecular formula is C18H14ClFN4O3S2. The number of aromatic nitrogens is 2. The highest BCUT2D eigenvalue weighted by Crippen LogP contribution is 2.27. The molecule has 0 atom stereocenters. The number of rotatable bonds is 7. The third kappa shape index (κ3) is 5.66. The second-order valence-corrected chi connectivity index (χ2v) is 8.10. The van der Waals surface area contributed by atoms with E-state index < -0.39 is 11.7 Å². The van der Waals surface area contributed by atoms with Crippen LogP contribution in [0, 0.1) is 5.82 Å². The van der Waals surface area contributed by atoms with Gasteiger partial charge >= 0.3 is 0 Å². The first-order valence-electron chi connectivity index (χ1n) is 8.12. The van der Waals surface area contributed by atoms with Gasteiger partial charge in [-0.3, -0.25) is 14.9 Å². The third-order valence-electron chi connectivity index (χ3n) is 3.52. The fourth-order valence-electron chi connectivity index (χ4n) is 2.19. The summed E-state index contributed by atoms with van der Waals surface area (Å²) in [6, 6.07) is 10.9. The number of nitrogens with zero attached hydrogens (tertiary/aromatic N) is 2. The Balaban J connectivity index is 1.53. The molecule has 7 nitrogen and oxygen atoms in total. The minimum Gasteiger partial charge on any atom is -0.497 e. The van der Waals surface area contributed by atoms with Crippen molar-refractivity contribution in [3.63, 3.8) is 0 Å². The minimum atomic E-state index is -0.732. The number of methoxy groups -OCH3 is 1. The van der Waals surface area contributed by atoms with Crippen LogP contribution >= 0.6 is 34.7 Å². The minimum absolute atomic E-state index is 0.00295. The van der Waals surface area contributed by atoms with Gasteiger partial charge in [0.25, 0.3) is 5.91 Å². The van der Waals surface area contributed by atoms with Gasteiger partial charge in [0.2, 0.25) is 11.0 Å². The van der Waals surface area contributed by atoms with E-state index in [1.54, 1.807) is 31.4 Å². The zero-order valence-electron chi connectivity index (χ0n) is 14.9. The van der Waals surface area contributed by atoms with E-state index in [0.29, 0.717) is 15.8 Å². The molecule has 150 valence electrons. The smallest absolute Gasteiger partial charge is 0.261 e. The van der Waals surface area contributed by atoms with Crippen LogP contribution in [-0.2, 0) is 4.79 Å². The van der Waals surface area contributed by atoms with Crippen LogP contribution in [0.5, 0.6) is 5.75 Å². The average Bonchev–Trinajstić information content (AvgIpc) is 3.14. The fraction of sp³-hybridized carbons (Fsp3) is 0.111. The summed E-state index contributed by atoms with van der Waals surface area (Å²) >= 11 is 8.10. The Morgan fingerprint density at radius 1 is 1.17 bits per heavy atom. The number of halogens is 2. The zero-order valence-corrected chi connectivity index (χ0v) is 17.3. The second kappa shape index (κ2) is 9.68. The van der Waals surface area contributed by atoms with E-state index in [4.69, 9.17) is 16.3 Å². The van der Waals surface area contributed by atoms with Crippen molar-refractivity contribution in [1.82, 2.24) is 10.2 Å². The lowest BCUT2D eigenvalue weighted by Crippen LogP contribution is -2.14. The molecule has 0 aliphatic carbocycles. The molecule has 0 spiro atoms. The zero-order chi connectivity index (χ0) is 20.8. The van der Waals surface area contributed by atoms with Crippen LogP contribution in [0.4, 0.5) is 15.2 Å². The van der Waals surface area contributed by atoms with Crippen molar-refractivity contribution >= 4 is 57.3 Å². The molecule has 0 radical (unpaired) electrons. The molecule has 0 saturated heterocycles. The number of hydrogen-bond acceptors (Lipinski definition) is 7. The van der Waals surface area contributed by atoms with Crippen molar-refractivity contribution in [3.8, 4) is 5.75 Å². The molecule has 29 heavy (non-hydrogen) atoms. The van der Waals surface area contributed by atoms with Gasteiger partial charge in [-0.05, 0) is 36.4 Å². The first-order chi connectivity index (χ1) is 14.0. The van der Waals surface area contributed by atoms with E-state index in [9.17, 15) is 14.0 Å². The van der Waals surface area contributed by atoms with Gasteiger partial charge in [0.1, 0.15) is 11.6 Å². The molecule has 1 heterocycles. The molecule has 2 amide bonds. The molecule has 11 heteroatoms. The number of ether oxygens (including phenoxy) is 1. The highest BCUT2D eigenvalue weighted by molar-refractivity contribution is 8.01. The molecule has 2 aromatic carbocycles. The summed E-state index contributed by atoms with van der Waals surface area (Å²) in [5, 5.41) is 13.1. The predicted octanol–water partition coefficient (Wildman–Crippen LogP) is 4.32. The van der Waals surface area contributed by atoms with Crippen molar-refractivity contribution in [2.45, 2.75) is 4.34 Å². The maximum absolute atomic E-state index is 13.8. The molecule has 0 bridgehead atoms. The molecule has 1 aromatic heterocycles. The quantitative estimate of drug-likeness (QED) is 0.409. The van der Waals surface area contributed by atoms with Gasteiger partial charge in [0, 0.05) is 5.69 Å². The summed E-state index contributed by atoms with van der Waals surface area (Å²) in [5.74, 6) is -0.882. The van der Waals surface area contributed by atoms with Crippen LogP contribution in [0.2, 0.25) is 5.02 Å². The van der Waals surface area contributed by atoms with Crippen molar-refractivity contribution in [2.75, 3.05) is 23.5 Å². The lowest BCUT2D eigenvalue weighted by atomic mass is 10.2. The van der Waals surface area contributed by atoms with Gasteiger partial charge in [-0.2, -0.15) is 0 Å². The van der Waals surface area contributed by atoms with Gasteiger partial charge < -0.3 is 10.1 Å². The summed E-state index contributed by atoms with van der Waals surface area (Å²) in [6.45, 7) is 0. The molecule has 0 unspecified atom stereocenters. The number of hydrogen-bond donors (Lipinski definition) is 2. The van der Waals surface area contributed by atoms with Crippen molar-refractivity contribution in [2.24, 2.45) is 0 Å². The molecule has 0 saturated carbocycles. The van der Waals surface area contributed by atoms with Gasteiger partial charge in [-0.25, -0.2) is 4.39 Å². The van der Waals surface area contributed by atoms with E-state index in [1.807, 2.05) is 0 Å². The largest absolute Gasteiger partial charge is 0.497 e. The average molecular weight is 453 g/mol. The highest BCUT2D eigenvalue weighted by atomic mass is 35.5. The molecule has 3 aromatic rings. The van der Waals surface area contributed by atoms with E-state index in [1.165, 1.54) is 12.1 Å². The Morgan fingerprint density at radius 2 is 1.93 bits per heavy atom. The number of amides is 2. The number of carbonyl (C=O) groups excluding carboxylic acids is 2. The predicted molar refractivity (Wildman–Crippen MR) is 112 cm³/mol. The van der Waals surface area contributed by atoms with Crippen LogP contribution in [-0.4, -0.2) is 34.9 Å². The number of thioether (sulfide) groups is 1. The SMILES string of the molecule is COc1ccc(NC(=O)CSc2nnc(NC(=O)c3c(F)cccc3Cl)s2)cc1. The van der Waals surface area contributed by atoms with Gasteiger partial charge in [-0.1, -0.05) is 40.8 Å². The topological polar surface area (TPSA) is 93.2 Å². The lowest BCUT2D eigenvalue weighted by Gasteiger charge is -2.05. The summed E-state index contributed by atoms with van der Waals surface area (Å²) in [4.78, 5) is 24.3. The Hall–Kier alpha value is -2.69. The van der Waals surface area contributed by atoms with Crippen LogP contribution in [0.15, 0.2) is 46.8 Å². The Bertz CT molecular complexity index is 1010. The lowest BCUT2D eigenvalue weighted by molar-refractivity contribution is -0.113. The Kier molecular flexibility index (Phi) is 7.02. The Morgan fingerprint density at radius 3 is 2.62 bits per heavy atom. The molecule has 0 aliphatic rings. The molecular weight excluding hydrogens is 439 g/mol. The summed E-state index contributed by atoms with van der Waals surface area (Å²) in [5.41, 5.74) is 0.376. The van der Waals surface area contributed by atoms with E-state index in [2.05, 4.69) is 20.8 Å². The third-order valence-corrected chi connectivity index (χ3v) is 5.80. The van der Waals surface area contributed by atoms with Gasteiger partial charge in [0.05, 0.1) is 23.4 Å². The molecule has 0 aliphatic heterocycles. The standard InChI is InChI=1S/C18H14ClFN4O3S2/c1-27-11-7-5-10(6-8-11)21-14(25)9-28-18-24-23-17(29-18)22-16(26)15-12(19)3-2-4-13(15)20/h2-8H,9H2,1H3,(H,21,25)(H,22,23,26). The Labute approximate surface area is 178 Å². The maximum Gasteiger partial charge on any atom is 0.261 e. The van der Waals surface area contributed by atoms with Gasteiger partial charge in [-0.15, -0.1) is 10.2 Å². The number of nitrogens with one attached hydrogen (secondary N) is 2. The second-order valence-electron chi connectivity index (χ2n) is 5.49. The maximum atomic E-state index is 13.8.